The number of anilines is 1. The van der Waals surface area contributed by atoms with Crippen molar-refractivity contribution in [3.63, 3.8) is 0 Å². The molecule has 122 valence electrons. The third kappa shape index (κ3) is 4.72. The number of benzene rings is 2. The summed E-state index contributed by atoms with van der Waals surface area (Å²) in [6.45, 7) is 0.478. The van der Waals surface area contributed by atoms with Gasteiger partial charge in [0.2, 0.25) is 0 Å². The van der Waals surface area contributed by atoms with Gasteiger partial charge in [0.1, 0.15) is 5.75 Å². The number of likely N-dealkylation sites (N-methyl/N-ethyl adjacent to an activating group) is 1. The first-order valence-electron chi connectivity index (χ1n) is 7.51. The molecule has 0 bridgehead atoms. The molecule has 0 aliphatic heterocycles. The number of carbonyl (C=O) groups excluding carboxylic acids is 1. The Morgan fingerprint density at radius 3 is 2.39 bits per heavy atom. The van der Waals surface area contributed by atoms with Crippen molar-refractivity contribution in [1.29, 1.82) is 0 Å². The average Bonchev–Trinajstić information content (AvgIpc) is 2.56. The van der Waals surface area contributed by atoms with Crippen molar-refractivity contribution in [2.45, 2.75) is 6.04 Å². The van der Waals surface area contributed by atoms with Crippen LogP contribution in [0.1, 0.15) is 11.6 Å². The van der Waals surface area contributed by atoms with E-state index in [0.717, 1.165) is 17.0 Å². The van der Waals surface area contributed by atoms with Crippen molar-refractivity contribution >= 4 is 11.7 Å². The molecule has 0 aromatic heterocycles. The van der Waals surface area contributed by atoms with Gasteiger partial charge in [-0.05, 0) is 32.3 Å². The van der Waals surface area contributed by atoms with E-state index in [4.69, 9.17) is 4.74 Å². The van der Waals surface area contributed by atoms with E-state index < -0.39 is 0 Å². The molecule has 23 heavy (non-hydrogen) atoms. The van der Waals surface area contributed by atoms with Gasteiger partial charge in [-0.15, -0.1) is 0 Å². The number of para-hydroxylation sites is 2. The van der Waals surface area contributed by atoms with Crippen molar-refractivity contribution in [2.24, 2.45) is 0 Å². The Balaban J connectivity index is 2.01. The highest BCUT2D eigenvalue weighted by atomic mass is 16.5. The highest BCUT2D eigenvalue weighted by Gasteiger charge is 2.18. The highest BCUT2D eigenvalue weighted by molar-refractivity contribution is 5.89. The summed E-state index contributed by atoms with van der Waals surface area (Å²) in [5, 5.41) is 5.73. The summed E-state index contributed by atoms with van der Waals surface area (Å²) >= 11 is 0. The van der Waals surface area contributed by atoms with Gasteiger partial charge in [-0.2, -0.15) is 0 Å². The van der Waals surface area contributed by atoms with Crippen LogP contribution in [0.3, 0.4) is 0 Å². The van der Waals surface area contributed by atoms with Crippen LogP contribution in [0.4, 0.5) is 10.5 Å². The largest absolute Gasteiger partial charge is 0.496 e. The molecule has 0 spiro atoms. The zero-order valence-corrected chi connectivity index (χ0v) is 13.7. The van der Waals surface area contributed by atoms with Crippen LogP contribution >= 0.6 is 0 Å². The minimum absolute atomic E-state index is 0.0210. The lowest BCUT2D eigenvalue weighted by Gasteiger charge is -2.26. The number of amides is 2. The van der Waals surface area contributed by atoms with E-state index in [0.29, 0.717) is 6.54 Å². The van der Waals surface area contributed by atoms with Crippen LogP contribution in [0.2, 0.25) is 0 Å². The molecule has 2 N–H and O–H groups in total. The van der Waals surface area contributed by atoms with Crippen LogP contribution < -0.4 is 15.4 Å². The summed E-state index contributed by atoms with van der Waals surface area (Å²) in [6.07, 6.45) is 0. The van der Waals surface area contributed by atoms with Crippen molar-refractivity contribution in [3.8, 4) is 5.75 Å². The summed E-state index contributed by atoms with van der Waals surface area (Å²) in [5.41, 5.74) is 1.81. The van der Waals surface area contributed by atoms with E-state index in [1.165, 1.54) is 0 Å². The maximum absolute atomic E-state index is 12.1. The maximum Gasteiger partial charge on any atom is 0.319 e. The van der Waals surface area contributed by atoms with Crippen LogP contribution in [-0.2, 0) is 0 Å². The molecular weight excluding hydrogens is 290 g/mol. The summed E-state index contributed by atoms with van der Waals surface area (Å²) < 4.78 is 5.42. The number of urea groups is 1. The lowest BCUT2D eigenvalue weighted by molar-refractivity contribution is 0.242. The predicted octanol–water partition coefficient (Wildman–Crippen LogP) is 3.12. The zero-order chi connectivity index (χ0) is 16.7. The molecule has 0 aliphatic carbocycles. The fraction of sp³-hybridized carbons (Fsp3) is 0.278. The topological polar surface area (TPSA) is 53.6 Å². The Kier molecular flexibility index (Phi) is 6.00. The number of nitrogens with zero attached hydrogens (tertiary/aromatic N) is 1. The Morgan fingerprint density at radius 2 is 1.74 bits per heavy atom. The van der Waals surface area contributed by atoms with Crippen LogP contribution in [-0.4, -0.2) is 38.7 Å². The Hall–Kier alpha value is -2.53. The van der Waals surface area contributed by atoms with Crippen LogP contribution in [0.25, 0.3) is 0 Å². The number of hydrogen-bond donors (Lipinski definition) is 2. The second kappa shape index (κ2) is 8.19. The summed E-state index contributed by atoms with van der Waals surface area (Å²) in [5.74, 6) is 0.816. The van der Waals surface area contributed by atoms with Gasteiger partial charge in [0.25, 0.3) is 0 Å². The lowest BCUT2D eigenvalue weighted by Crippen LogP contribution is -2.37. The van der Waals surface area contributed by atoms with Crippen LogP contribution in [0, 0.1) is 0 Å². The molecule has 0 fully saturated rings. The van der Waals surface area contributed by atoms with Gasteiger partial charge in [-0.25, -0.2) is 4.79 Å². The van der Waals surface area contributed by atoms with E-state index in [2.05, 4.69) is 15.5 Å². The summed E-state index contributed by atoms with van der Waals surface area (Å²) in [7, 11) is 5.61. The average molecular weight is 313 g/mol. The number of ether oxygens (including phenoxy) is 1. The fourth-order valence-corrected chi connectivity index (χ4v) is 2.40. The van der Waals surface area contributed by atoms with Crippen molar-refractivity contribution in [1.82, 2.24) is 10.2 Å². The van der Waals surface area contributed by atoms with E-state index in [1.807, 2.05) is 68.7 Å². The van der Waals surface area contributed by atoms with Gasteiger partial charge in [-0.3, -0.25) is 0 Å². The number of nitrogens with one attached hydrogen (secondary N) is 2. The minimum atomic E-state index is -0.224. The first-order valence-corrected chi connectivity index (χ1v) is 7.51. The molecule has 0 radical (unpaired) electrons. The monoisotopic (exact) mass is 313 g/mol. The van der Waals surface area contributed by atoms with E-state index >= 15 is 0 Å². The van der Waals surface area contributed by atoms with Crippen molar-refractivity contribution < 1.29 is 9.53 Å². The molecule has 0 saturated carbocycles. The van der Waals surface area contributed by atoms with Crippen molar-refractivity contribution in [3.05, 3.63) is 60.2 Å². The molecule has 5 heteroatoms. The number of rotatable bonds is 6. The highest BCUT2D eigenvalue weighted by Crippen LogP contribution is 2.27. The fourth-order valence-electron chi connectivity index (χ4n) is 2.40. The van der Waals surface area contributed by atoms with Gasteiger partial charge in [0.05, 0.1) is 13.2 Å². The predicted molar refractivity (Wildman–Crippen MR) is 92.9 cm³/mol. The molecule has 1 unspecified atom stereocenters. The van der Waals surface area contributed by atoms with Gasteiger partial charge in [0.15, 0.2) is 0 Å². The SMILES string of the molecule is COc1ccccc1C(CNC(=O)Nc1ccccc1)N(C)C. The molecule has 0 heterocycles. The number of hydrogen-bond acceptors (Lipinski definition) is 3. The summed E-state index contributed by atoms with van der Waals surface area (Å²) in [4.78, 5) is 14.1. The van der Waals surface area contributed by atoms with Crippen LogP contribution in [0.15, 0.2) is 54.6 Å². The van der Waals surface area contributed by atoms with Gasteiger partial charge in [0, 0.05) is 17.8 Å². The molecule has 2 amide bonds. The molecule has 2 aromatic carbocycles. The smallest absolute Gasteiger partial charge is 0.319 e. The standard InChI is InChI=1S/C18H23N3O2/c1-21(2)16(15-11-7-8-12-17(15)23-3)13-19-18(22)20-14-9-5-4-6-10-14/h4-12,16H,13H2,1-3H3,(H2,19,20,22). The van der Waals surface area contributed by atoms with Gasteiger partial charge >= 0.3 is 6.03 Å². The zero-order valence-electron chi connectivity index (χ0n) is 13.7. The molecule has 2 aromatic rings. The second-order valence-electron chi connectivity index (χ2n) is 5.42. The van der Waals surface area contributed by atoms with Gasteiger partial charge in [-0.1, -0.05) is 36.4 Å². The normalized spacial score (nSPS) is 11.8. The minimum Gasteiger partial charge on any atom is -0.496 e. The van der Waals surface area contributed by atoms with Crippen LogP contribution in [0.5, 0.6) is 5.75 Å². The number of carbonyl (C=O) groups is 1. The first-order chi connectivity index (χ1) is 11.1. The summed E-state index contributed by atoms with van der Waals surface area (Å²) in [6, 6.07) is 17.0. The molecule has 5 nitrogen and oxygen atoms in total. The molecule has 0 saturated heterocycles. The van der Waals surface area contributed by atoms with Gasteiger partial charge < -0.3 is 20.3 Å². The first kappa shape index (κ1) is 16.8. The van der Waals surface area contributed by atoms with Crippen molar-refractivity contribution in [2.75, 3.05) is 33.1 Å². The third-order valence-corrected chi connectivity index (χ3v) is 3.61. The Bertz CT molecular complexity index is 629. The maximum atomic E-state index is 12.1. The Labute approximate surface area is 137 Å². The molecular formula is C18H23N3O2. The third-order valence-electron chi connectivity index (χ3n) is 3.61. The van der Waals surface area contributed by atoms with E-state index in [9.17, 15) is 4.79 Å². The quantitative estimate of drug-likeness (QED) is 0.861. The molecule has 0 aliphatic rings. The Morgan fingerprint density at radius 1 is 1.09 bits per heavy atom. The molecule has 2 rings (SSSR count). The lowest BCUT2D eigenvalue weighted by atomic mass is 10.0. The second-order valence-corrected chi connectivity index (χ2v) is 5.42. The van der Waals surface area contributed by atoms with E-state index in [-0.39, 0.29) is 12.1 Å². The number of methoxy groups -OCH3 is 1. The van der Waals surface area contributed by atoms with E-state index in [1.54, 1.807) is 7.11 Å². The molecule has 1 atom stereocenters.